The summed E-state index contributed by atoms with van der Waals surface area (Å²) in [4.78, 5) is 11.7. The molecule has 0 unspecified atom stereocenters. The van der Waals surface area contributed by atoms with Crippen LogP contribution >= 0.6 is 0 Å². The largest absolute Gasteiger partial charge is 0.482 e. The molecule has 152 valence electrons. The topological polar surface area (TPSA) is 94.8 Å². The summed E-state index contributed by atoms with van der Waals surface area (Å²) < 4.78 is 37.5. The Morgan fingerprint density at radius 3 is 2.59 bits per heavy atom. The molecule has 0 fully saturated rings. The van der Waals surface area contributed by atoms with Crippen LogP contribution in [0.5, 0.6) is 5.75 Å². The van der Waals surface area contributed by atoms with Crippen molar-refractivity contribution in [1.29, 1.82) is 0 Å². The average molecular weight is 415 g/mol. The lowest BCUT2D eigenvalue weighted by Gasteiger charge is -2.09. The third-order valence-corrected chi connectivity index (χ3v) is 5.98. The van der Waals surface area contributed by atoms with E-state index in [0.717, 1.165) is 9.54 Å². The van der Waals surface area contributed by atoms with E-state index in [-0.39, 0.29) is 24.7 Å². The predicted octanol–water partition coefficient (Wildman–Crippen LogP) is 2.79. The number of aromatic nitrogens is 1. The molecule has 0 amide bonds. The van der Waals surface area contributed by atoms with Crippen molar-refractivity contribution in [2.75, 3.05) is 13.2 Å². The summed E-state index contributed by atoms with van der Waals surface area (Å²) in [6.45, 7) is 4.78. The molecule has 1 heterocycles. The van der Waals surface area contributed by atoms with Gasteiger partial charge in [-0.1, -0.05) is 30.4 Å². The van der Waals surface area contributed by atoms with Crippen LogP contribution in [-0.2, 0) is 26.2 Å². The molecule has 0 aliphatic carbocycles. The minimum atomic E-state index is -3.84. The first kappa shape index (κ1) is 20.6. The molecule has 2 aromatic carbocycles. The van der Waals surface area contributed by atoms with Crippen LogP contribution < -0.4 is 4.74 Å². The number of aliphatic hydroxyl groups excluding tert-OH is 1. The van der Waals surface area contributed by atoms with E-state index in [4.69, 9.17) is 9.47 Å². The fraction of sp³-hybridized carbons (Fsp3) is 0.190. The number of esters is 1. The first-order chi connectivity index (χ1) is 13.9. The molecule has 7 nitrogen and oxygen atoms in total. The van der Waals surface area contributed by atoms with E-state index in [1.807, 2.05) is 6.92 Å². The number of nitrogens with zero attached hydrogens (tertiary/aromatic N) is 1. The van der Waals surface area contributed by atoms with Crippen molar-refractivity contribution in [2.24, 2.45) is 0 Å². The molecule has 0 bridgehead atoms. The minimum Gasteiger partial charge on any atom is -0.482 e. The number of benzene rings is 2. The van der Waals surface area contributed by atoms with E-state index in [1.54, 1.807) is 42.5 Å². The zero-order valence-electron chi connectivity index (χ0n) is 15.9. The van der Waals surface area contributed by atoms with Crippen LogP contribution in [0.3, 0.4) is 0 Å². The number of aryl methyl sites for hydroxylation is 1. The molecule has 1 aromatic heterocycles. The third kappa shape index (κ3) is 4.33. The smallest absolute Gasteiger partial charge is 0.344 e. The molecule has 0 saturated carbocycles. The number of hydrogen-bond acceptors (Lipinski definition) is 6. The van der Waals surface area contributed by atoms with Crippen molar-refractivity contribution < 1.29 is 27.8 Å². The van der Waals surface area contributed by atoms with Gasteiger partial charge in [0.2, 0.25) is 0 Å². The summed E-state index contributed by atoms with van der Waals surface area (Å²) in [6, 6.07) is 11.3. The Hall–Kier alpha value is -3.10. The second kappa shape index (κ2) is 8.50. The fourth-order valence-corrected chi connectivity index (χ4v) is 4.21. The number of fused-ring (bicyclic) bond motifs is 1. The fourth-order valence-electron chi connectivity index (χ4n) is 2.82. The summed E-state index contributed by atoms with van der Waals surface area (Å²) in [5.41, 5.74) is 1.78. The summed E-state index contributed by atoms with van der Waals surface area (Å²) in [5, 5.41) is 10.2. The predicted molar refractivity (Wildman–Crippen MR) is 108 cm³/mol. The van der Waals surface area contributed by atoms with Gasteiger partial charge in [0.1, 0.15) is 12.4 Å². The maximum absolute atomic E-state index is 13.1. The summed E-state index contributed by atoms with van der Waals surface area (Å²) in [7, 11) is -3.84. The van der Waals surface area contributed by atoms with Gasteiger partial charge in [0, 0.05) is 17.1 Å². The zero-order valence-corrected chi connectivity index (χ0v) is 16.7. The van der Waals surface area contributed by atoms with Crippen LogP contribution in [0.1, 0.15) is 11.1 Å². The van der Waals surface area contributed by atoms with Crippen LogP contribution in [0.4, 0.5) is 0 Å². The minimum absolute atomic E-state index is 0.0929. The molecular weight excluding hydrogens is 394 g/mol. The monoisotopic (exact) mass is 415 g/mol. The summed E-state index contributed by atoms with van der Waals surface area (Å²) in [5.74, 6) is -0.194. The van der Waals surface area contributed by atoms with Crippen LogP contribution in [0.25, 0.3) is 10.9 Å². The lowest BCUT2D eigenvalue weighted by molar-refractivity contribution is -0.144. The van der Waals surface area contributed by atoms with Gasteiger partial charge in [-0.05, 0) is 37.3 Å². The molecule has 8 heteroatoms. The maximum atomic E-state index is 13.1. The van der Waals surface area contributed by atoms with E-state index in [2.05, 4.69) is 6.58 Å². The van der Waals surface area contributed by atoms with Crippen LogP contribution in [0, 0.1) is 6.92 Å². The molecule has 29 heavy (non-hydrogen) atoms. The number of hydrogen-bond donors (Lipinski definition) is 1. The molecule has 0 radical (unpaired) electrons. The Bertz CT molecular complexity index is 1150. The SMILES string of the molecule is C=CCOC(=O)COc1ccc2c(c1)c(CO)cn2S(=O)(=O)c1ccc(C)cc1. The van der Waals surface area contributed by atoms with Gasteiger partial charge in [0.15, 0.2) is 6.61 Å². The molecular formula is C21H21NO6S. The maximum Gasteiger partial charge on any atom is 0.344 e. The summed E-state index contributed by atoms with van der Waals surface area (Å²) >= 11 is 0. The van der Waals surface area contributed by atoms with Crippen molar-refractivity contribution in [1.82, 2.24) is 3.97 Å². The molecule has 1 N–H and O–H groups in total. The quantitative estimate of drug-likeness (QED) is 0.449. The normalized spacial score (nSPS) is 11.4. The second-order valence-corrected chi connectivity index (χ2v) is 8.18. The van der Waals surface area contributed by atoms with Gasteiger partial charge in [-0.3, -0.25) is 0 Å². The highest BCUT2D eigenvalue weighted by molar-refractivity contribution is 7.90. The summed E-state index contributed by atoms with van der Waals surface area (Å²) in [6.07, 6.45) is 2.84. The average Bonchev–Trinajstić information content (AvgIpc) is 3.09. The Morgan fingerprint density at radius 2 is 1.93 bits per heavy atom. The second-order valence-electron chi connectivity index (χ2n) is 6.37. The Labute approximate surface area is 168 Å². The van der Waals surface area contributed by atoms with Gasteiger partial charge in [0.05, 0.1) is 17.0 Å². The van der Waals surface area contributed by atoms with Gasteiger partial charge in [-0.2, -0.15) is 0 Å². The lowest BCUT2D eigenvalue weighted by atomic mass is 10.2. The van der Waals surface area contributed by atoms with Gasteiger partial charge in [-0.15, -0.1) is 0 Å². The standard InChI is InChI=1S/C21H21NO6S/c1-3-10-27-21(24)14-28-17-6-9-20-19(11-17)16(13-23)12-22(20)29(25,26)18-7-4-15(2)5-8-18/h3-9,11-12,23H,1,10,13-14H2,2H3. The molecule has 0 atom stereocenters. The number of carbonyl (C=O) groups is 1. The number of aliphatic hydroxyl groups is 1. The lowest BCUT2D eigenvalue weighted by Crippen LogP contribution is -2.14. The van der Waals surface area contributed by atoms with E-state index in [0.29, 0.717) is 22.2 Å². The van der Waals surface area contributed by atoms with E-state index in [1.165, 1.54) is 12.3 Å². The Balaban J connectivity index is 1.95. The first-order valence-electron chi connectivity index (χ1n) is 8.83. The van der Waals surface area contributed by atoms with Gasteiger partial charge < -0.3 is 14.6 Å². The van der Waals surface area contributed by atoms with Crippen molar-refractivity contribution >= 4 is 26.9 Å². The van der Waals surface area contributed by atoms with Gasteiger partial charge >= 0.3 is 5.97 Å². The van der Waals surface area contributed by atoms with E-state index in [9.17, 15) is 18.3 Å². The molecule has 3 rings (SSSR count). The van der Waals surface area contributed by atoms with Gasteiger partial charge in [-0.25, -0.2) is 17.2 Å². The highest BCUT2D eigenvalue weighted by atomic mass is 32.2. The van der Waals surface area contributed by atoms with Gasteiger partial charge in [0.25, 0.3) is 10.0 Å². The highest BCUT2D eigenvalue weighted by Gasteiger charge is 2.21. The van der Waals surface area contributed by atoms with Crippen molar-refractivity contribution in [3.8, 4) is 5.75 Å². The van der Waals surface area contributed by atoms with Crippen molar-refractivity contribution in [3.63, 3.8) is 0 Å². The number of ether oxygens (including phenoxy) is 2. The molecule has 0 saturated heterocycles. The number of rotatable bonds is 8. The van der Waals surface area contributed by atoms with Crippen LogP contribution in [-0.4, -0.2) is 36.7 Å². The van der Waals surface area contributed by atoms with Crippen LogP contribution in [0.2, 0.25) is 0 Å². The molecule has 3 aromatic rings. The molecule has 0 aliphatic heterocycles. The number of carbonyl (C=O) groups excluding carboxylic acids is 1. The first-order valence-corrected chi connectivity index (χ1v) is 10.3. The zero-order chi connectivity index (χ0) is 21.0. The van der Waals surface area contributed by atoms with Crippen LogP contribution in [0.15, 0.2) is 66.2 Å². The van der Waals surface area contributed by atoms with E-state index >= 15 is 0 Å². The van der Waals surface area contributed by atoms with E-state index < -0.39 is 16.0 Å². The highest BCUT2D eigenvalue weighted by Crippen LogP contribution is 2.29. The van der Waals surface area contributed by atoms with Crippen molar-refractivity contribution in [2.45, 2.75) is 18.4 Å². The third-order valence-electron chi connectivity index (χ3n) is 4.29. The Kier molecular flexibility index (Phi) is 6.05. The van der Waals surface area contributed by atoms with Crippen molar-refractivity contribution in [3.05, 3.63) is 72.4 Å². The molecule has 0 aliphatic rings. The Morgan fingerprint density at radius 1 is 1.21 bits per heavy atom. The molecule has 0 spiro atoms.